The molecule has 21 heavy (non-hydrogen) atoms. The molecule has 0 aliphatic carbocycles. The molecule has 0 spiro atoms. The normalized spacial score (nSPS) is 21.3. The molecule has 0 saturated carbocycles. The molecule has 1 N–H and O–H groups in total. The molecule has 0 bridgehead atoms. The molecule has 1 aliphatic heterocycles. The number of nitrogens with zero attached hydrogens (tertiary/aromatic N) is 2. The van der Waals surface area contributed by atoms with Crippen LogP contribution in [0.3, 0.4) is 0 Å². The van der Waals surface area contributed by atoms with Crippen LogP contribution in [0.5, 0.6) is 0 Å². The highest BCUT2D eigenvalue weighted by atomic mass is 32.2. The molecule has 1 atom stereocenters. The smallest absolute Gasteiger partial charge is 0.243 e. The van der Waals surface area contributed by atoms with Crippen LogP contribution in [0, 0.1) is 0 Å². The third kappa shape index (κ3) is 2.79. The van der Waals surface area contributed by atoms with Crippen molar-refractivity contribution in [1.29, 1.82) is 0 Å². The highest BCUT2D eigenvalue weighted by molar-refractivity contribution is 7.89. The number of rotatable bonds is 2. The van der Waals surface area contributed by atoms with Crippen LogP contribution in [-0.4, -0.2) is 43.4 Å². The van der Waals surface area contributed by atoms with E-state index in [9.17, 15) is 8.42 Å². The van der Waals surface area contributed by atoms with Crippen LogP contribution >= 0.6 is 0 Å². The minimum Gasteiger partial charge on any atom is -0.315 e. The van der Waals surface area contributed by atoms with E-state index in [1.165, 1.54) is 0 Å². The minimum absolute atomic E-state index is 0.0122. The molecule has 1 fully saturated rings. The minimum atomic E-state index is -3.45. The molecule has 1 aliphatic rings. The van der Waals surface area contributed by atoms with Gasteiger partial charge in [0.15, 0.2) is 0 Å². The Balaban J connectivity index is 2.02. The molecule has 0 radical (unpaired) electrons. The van der Waals surface area contributed by atoms with Gasteiger partial charge in [-0.2, -0.15) is 4.31 Å². The summed E-state index contributed by atoms with van der Waals surface area (Å²) in [6, 6.07) is 7.07. The van der Waals surface area contributed by atoms with Crippen molar-refractivity contribution in [2.45, 2.75) is 24.3 Å². The van der Waals surface area contributed by atoms with Crippen LogP contribution in [0.4, 0.5) is 0 Å². The van der Waals surface area contributed by atoms with Gasteiger partial charge in [-0.05, 0) is 43.5 Å². The molecule has 1 saturated heterocycles. The molecule has 6 heteroatoms. The number of hydrogen-bond acceptors (Lipinski definition) is 4. The van der Waals surface area contributed by atoms with Gasteiger partial charge in [0.05, 0.1) is 4.90 Å². The average molecular weight is 305 g/mol. The first-order valence-corrected chi connectivity index (χ1v) is 8.59. The number of aromatic nitrogens is 1. The number of sulfonamides is 1. The number of hydrogen-bond donors (Lipinski definition) is 1. The summed E-state index contributed by atoms with van der Waals surface area (Å²) in [7, 11) is -3.45. The van der Waals surface area contributed by atoms with E-state index in [1.54, 1.807) is 28.8 Å². The Labute approximate surface area is 125 Å². The standard InChI is InChI=1S/C15H19N3O2S/c1-12-4-6-16-8-9-18(12)21(19,20)15-3-2-14-11-17-7-5-13(14)10-15/h2-3,5,7,10-12,16H,4,6,8-9H2,1H3/t12-/m0/s1. The molecule has 5 nitrogen and oxygen atoms in total. The summed E-state index contributed by atoms with van der Waals surface area (Å²) < 4.78 is 27.4. The monoisotopic (exact) mass is 305 g/mol. The fourth-order valence-corrected chi connectivity index (χ4v) is 4.40. The molecule has 1 aromatic heterocycles. The van der Waals surface area contributed by atoms with Gasteiger partial charge in [0.1, 0.15) is 0 Å². The van der Waals surface area contributed by atoms with Crippen LogP contribution < -0.4 is 5.32 Å². The van der Waals surface area contributed by atoms with Crippen molar-refractivity contribution >= 4 is 20.8 Å². The van der Waals surface area contributed by atoms with Crippen molar-refractivity contribution in [1.82, 2.24) is 14.6 Å². The van der Waals surface area contributed by atoms with Crippen molar-refractivity contribution in [3.05, 3.63) is 36.7 Å². The summed E-state index contributed by atoms with van der Waals surface area (Å²) in [5, 5.41) is 5.09. The molecule has 112 valence electrons. The van der Waals surface area contributed by atoms with E-state index in [0.717, 1.165) is 23.7 Å². The zero-order valence-electron chi connectivity index (χ0n) is 12.0. The molecular weight excluding hydrogens is 286 g/mol. The Morgan fingerprint density at radius 1 is 1.24 bits per heavy atom. The highest BCUT2D eigenvalue weighted by Crippen LogP contribution is 2.23. The Kier molecular flexibility index (Phi) is 3.93. The van der Waals surface area contributed by atoms with E-state index in [4.69, 9.17) is 0 Å². The maximum atomic E-state index is 12.9. The zero-order valence-corrected chi connectivity index (χ0v) is 12.8. The van der Waals surface area contributed by atoms with Crippen LogP contribution in [0.15, 0.2) is 41.6 Å². The molecule has 2 heterocycles. The first-order valence-electron chi connectivity index (χ1n) is 7.15. The second-order valence-electron chi connectivity index (χ2n) is 5.39. The van der Waals surface area contributed by atoms with E-state index in [-0.39, 0.29) is 6.04 Å². The number of benzene rings is 1. The van der Waals surface area contributed by atoms with Gasteiger partial charge in [0.2, 0.25) is 10.0 Å². The van der Waals surface area contributed by atoms with E-state index in [2.05, 4.69) is 10.3 Å². The van der Waals surface area contributed by atoms with Crippen LogP contribution in [0.2, 0.25) is 0 Å². The zero-order chi connectivity index (χ0) is 14.9. The Bertz CT molecular complexity index is 745. The summed E-state index contributed by atoms with van der Waals surface area (Å²) in [4.78, 5) is 4.41. The van der Waals surface area contributed by atoms with Crippen molar-refractivity contribution in [2.75, 3.05) is 19.6 Å². The quantitative estimate of drug-likeness (QED) is 0.915. The van der Waals surface area contributed by atoms with Gasteiger partial charge >= 0.3 is 0 Å². The summed E-state index contributed by atoms with van der Waals surface area (Å²) in [6.45, 7) is 4.03. The second kappa shape index (κ2) is 5.71. The van der Waals surface area contributed by atoms with Crippen LogP contribution in [0.1, 0.15) is 13.3 Å². The summed E-state index contributed by atoms with van der Waals surface area (Å²) >= 11 is 0. The summed E-state index contributed by atoms with van der Waals surface area (Å²) in [6.07, 6.45) is 4.25. The Morgan fingerprint density at radius 2 is 2.10 bits per heavy atom. The van der Waals surface area contributed by atoms with Gasteiger partial charge in [-0.1, -0.05) is 6.07 Å². The largest absolute Gasteiger partial charge is 0.315 e. The summed E-state index contributed by atoms with van der Waals surface area (Å²) in [5.41, 5.74) is 0. The molecule has 3 rings (SSSR count). The fraction of sp³-hybridized carbons (Fsp3) is 0.400. The first kappa shape index (κ1) is 14.4. The van der Waals surface area contributed by atoms with Crippen molar-refractivity contribution in [3.8, 4) is 0 Å². The van der Waals surface area contributed by atoms with E-state index in [1.807, 2.05) is 19.1 Å². The van der Waals surface area contributed by atoms with Gasteiger partial charge in [-0.3, -0.25) is 4.98 Å². The van der Waals surface area contributed by atoms with Gasteiger partial charge in [-0.15, -0.1) is 0 Å². The third-order valence-electron chi connectivity index (χ3n) is 3.96. The fourth-order valence-electron chi connectivity index (χ4n) is 2.70. The van der Waals surface area contributed by atoms with Gasteiger partial charge in [0.25, 0.3) is 0 Å². The molecule has 0 amide bonds. The topological polar surface area (TPSA) is 62.3 Å². The van der Waals surface area contributed by atoms with Crippen molar-refractivity contribution in [2.24, 2.45) is 0 Å². The first-order chi connectivity index (χ1) is 10.1. The van der Waals surface area contributed by atoms with Crippen molar-refractivity contribution < 1.29 is 8.42 Å². The van der Waals surface area contributed by atoms with Crippen molar-refractivity contribution in [3.63, 3.8) is 0 Å². The number of nitrogens with one attached hydrogen (secondary N) is 1. The predicted octanol–water partition coefficient (Wildman–Crippen LogP) is 1.61. The lowest BCUT2D eigenvalue weighted by Crippen LogP contribution is -2.39. The maximum Gasteiger partial charge on any atom is 0.243 e. The predicted molar refractivity (Wildman–Crippen MR) is 82.6 cm³/mol. The second-order valence-corrected chi connectivity index (χ2v) is 7.28. The van der Waals surface area contributed by atoms with E-state index < -0.39 is 10.0 Å². The lowest BCUT2D eigenvalue weighted by molar-refractivity contribution is 0.350. The van der Waals surface area contributed by atoms with Crippen LogP contribution in [0.25, 0.3) is 10.8 Å². The number of pyridine rings is 1. The lowest BCUT2D eigenvalue weighted by Gasteiger charge is -2.26. The maximum absolute atomic E-state index is 12.9. The summed E-state index contributed by atoms with van der Waals surface area (Å²) in [5.74, 6) is 0. The Morgan fingerprint density at radius 3 is 2.95 bits per heavy atom. The average Bonchev–Trinajstić information content (AvgIpc) is 2.71. The van der Waals surface area contributed by atoms with Crippen LogP contribution in [-0.2, 0) is 10.0 Å². The third-order valence-corrected chi connectivity index (χ3v) is 5.97. The molecule has 2 aromatic rings. The van der Waals surface area contributed by atoms with E-state index >= 15 is 0 Å². The van der Waals surface area contributed by atoms with E-state index in [0.29, 0.717) is 18.0 Å². The SMILES string of the molecule is C[C@H]1CCNCCN1S(=O)(=O)c1ccc2cnccc2c1. The number of fused-ring (bicyclic) bond motifs is 1. The molecule has 0 unspecified atom stereocenters. The highest BCUT2D eigenvalue weighted by Gasteiger charge is 2.29. The van der Waals surface area contributed by atoms with Gasteiger partial charge in [-0.25, -0.2) is 8.42 Å². The lowest BCUT2D eigenvalue weighted by atomic mass is 10.2. The Hall–Kier alpha value is -1.50. The van der Waals surface area contributed by atoms with Gasteiger partial charge in [0, 0.05) is 36.9 Å². The molecular formula is C15H19N3O2S. The molecule has 1 aromatic carbocycles. The van der Waals surface area contributed by atoms with Gasteiger partial charge < -0.3 is 5.32 Å².